The molecule has 1 saturated heterocycles. The van der Waals surface area contributed by atoms with Gasteiger partial charge in [0.1, 0.15) is 0 Å². The van der Waals surface area contributed by atoms with Gasteiger partial charge in [0.15, 0.2) is 5.82 Å². The van der Waals surface area contributed by atoms with Gasteiger partial charge < -0.3 is 10.2 Å². The van der Waals surface area contributed by atoms with Crippen LogP contribution in [0.2, 0.25) is 0 Å². The number of carbonyl (C=O) groups is 1. The van der Waals surface area contributed by atoms with Gasteiger partial charge in [0, 0.05) is 19.3 Å². The number of urea groups is 1. The number of hydrogen-bond donors (Lipinski definition) is 1. The molecule has 1 aliphatic rings. The van der Waals surface area contributed by atoms with E-state index in [1.54, 1.807) is 4.90 Å². The van der Waals surface area contributed by atoms with Crippen molar-refractivity contribution in [3.63, 3.8) is 0 Å². The summed E-state index contributed by atoms with van der Waals surface area (Å²) in [5.74, 6) is -0.509. The molecule has 0 bridgehead atoms. The fourth-order valence-corrected chi connectivity index (χ4v) is 1.59. The maximum Gasteiger partial charge on any atom is 0.321 e. The summed E-state index contributed by atoms with van der Waals surface area (Å²) < 4.78 is 13.1. The molecule has 2 amide bonds. The molecule has 80 valence electrons. The van der Waals surface area contributed by atoms with E-state index in [1.807, 2.05) is 0 Å². The molecule has 0 radical (unpaired) electrons. The molecule has 0 aliphatic carbocycles. The molecule has 0 saturated carbocycles. The van der Waals surface area contributed by atoms with Gasteiger partial charge in [-0.25, -0.2) is 9.18 Å². The van der Waals surface area contributed by atoms with Crippen molar-refractivity contribution in [3.05, 3.63) is 24.3 Å². The predicted octanol–water partition coefficient (Wildman–Crippen LogP) is 1.85. The summed E-state index contributed by atoms with van der Waals surface area (Å²) in [6, 6.07) is 1.21. The van der Waals surface area contributed by atoms with Crippen LogP contribution in [0, 0.1) is 5.82 Å². The van der Waals surface area contributed by atoms with Gasteiger partial charge >= 0.3 is 6.03 Å². The second-order valence-corrected chi connectivity index (χ2v) is 3.48. The second kappa shape index (κ2) is 4.25. The number of amides is 2. The van der Waals surface area contributed by atoms with E-state index in [1.165, 1.54) is 12.3 Å². The summed E-state index contributed by atoms with van der Waals surface area (Å²) >= 11 is 0. The van der Waals surface area contributed by atoms with Crippen molar-refractivity contribution >= 4 is 11.7 Å². The first-order valence-corrected chi connectivity index (χ1v) is 4.93. The van der Waals surface area contributed by atoms with Gasteiger partial charge in [0.2, 0.25) is 0 Å². The average molecular weight is 209 g/mol. The van der Waals surface area contributed by atoms with Gasteiger partial charge in [-0.15, -0.1) is 0 Å². The van der Waals surface area contributed by atoms with Crippen LogP contribution in [0.25, 0.3) is 0 Å². The highest BCUT2D eigenvalue weighted by atomic mass is 19.1. The molecular formula is C10H12FN3O. The minimum atomic E-state index is -0.509. The molecule has 0 atom stereocenters. The Bertz CT molecular complexity index is 363. The monoisotopic (exact) mass is 209 g/mol. The van der Waals surface area contributed by atoms with E-state index < -0.39 is 5.82 Å². The lowest BCUT2D eigenvalue weighted by molar-refractivity contribution is 0.222. The lowest BCUT2D eigenvalue weighted by Crippen LogP contribution is -2.32. The van der Waals surface area contributed by atoms with E-state index >= 15 is 0 Å². The van der Waals surface area contributed by atoms with E-state index in [-0.39, 0.29) is 11.7 Å². The third-order valence-electron chi connectivity index (χ3n) is 2.41. The molecule has 0 aromatic carbocycles. The maximum absolute atomic E-state index is 13.1. The van der Waals surface area contributed by atoms with E-state index in [0.717, 1.165) is 32.1 Å². The third-order valence-corrected chi connectivity index (χ3v) is 2.41. The minimum absolute atomic E-state index is 0.182. The van der Waals surface area contributed by atoms with Gasteiger partial charge in [-0.1, -0.05) is 0 Å². The summed E-state index contributed by atoms with van der Waals surface area (Å²) in [6.07, 6.45) is 4.57. The number of pyridine rings is 1. The summed E-state index contributed by atoms with van der Waals surface area (Å²) in [6.45, 7) is 1.50. The Balaban J connectivity index is 2.02. The normalized spacial score (nSPS) is 15.4. The highest BCUT2D eigenvalue weighted by Gasteiger charge is 2.18. The molecule has 2 heterocycles. The van der Waals surface area contributed by atoms with Crippen LogP contribution >= 0.6 is 0 Å². The van der Waals surface area contributed by atoms with Crippen LogP contribution in [0.5, 0.6) is 0 Å². The first-order valence-electron chi connectivity index (χ1n) is 4.93. The molecule has 1 aliphatic heterocycles. The van der Waals surface area contributed by atoms with Gasteiger partial charge in [0.25, 0.3) is 0 Å². The number of aromatic nitrogens is 1. The van der Waals surface area contributed by atoms with Crippen molar-refractivity contribution in [2.75, 3.05) is 18.4 Å². The van der Waals surface area contributed by atoms with Crippen LogP contribution in [0.15, 0.2) is 18.5 Å². The zero-order valence-corrected chi connectivity index (χ0v) is 8.24. The van der Waals surface area contributed by atoms with E-state index in [4.69, 9.17) is 0 Å². The quantitative estimate of drug-likeness (QED) is 0.767. The number of likely N-dealkylation sites (tertiary alicyclic amines) is 1. The third kappa shape index (κ3) is 2.23. The lowest BCUT2D eigenvalue weighted by atomic mass is 10.4. The van der Waals surface area contributed by atoms with Crippen LogP contribution in [-0.2, 0) is 0 Å². The number of halogens is 1. The number of nitrogens with one attached hydrogen (secondary N) is 1. The Labute approximate surface area is 87.1 Å². The minimum Gasteiger partial charge on any atom is -0.325 e. The zero-order valence-electron chi connectivity index (χ0n) is 8.24. The van der Waals surface area contributed by atoms with Crippen molar-refractivity contribution in [3.8, 4) is 0 Å². The van der Waals surface area contributed by atoms with Crippen molar-refractivity contribution in [1.82, 2.24) is 9.88 Å². The Morgan fingerprint density at radius 3 is 2.87 bits per heavy atom. The Morgan fingerprint density at radius 1 is 1.47 bits per heavy atom. The standard InChI is InChI=1S/C10H12FN3O/c11-8-7-12-4-3-9(8)13-10(15)14-5-1-2-6-14/h3-4,7H,1-2,5-6H2,(H,12,13,15). The smallest absolute Gasteiger partial charge is 0.321 e. The van der Waals surface area contributed by atoms with Crippen LogP contribution in [-0.4, -0.2) is 29.0 Å². The molecule has 5 heteroatoms. The van der Waals surface area contributed by atoms with Crippen molar-refractivity contribution < 1.29 is 9.18 Å². The summed E-state index contributed by atoms with van der Waals surface area (Å²) in [5.41, 5.74) is 0.182. The molecule has 1 aromatic heterocycles. The largest absolute Gasteiger partial charge is 0.325 e. The summed E-state index contributed by atoms with van der Waals surface area (Å²) in [5, 5.41) is 2.52. The van der Waals surface area contributed by atoms with Crippen LogP contribution in [0.4, 0.5) is 14.9 Å². The highest BCUT2D eigenvalue weighted by molar-refractivity contribution is 5.89. The molecule has 4 nitrogen and oxygen atoms in total. The molecule has 1 fully saturated rings. The first kappa shape index (κ1) is 9.89. The van der Waals surface area contributed by atoms with Crippen LogP contribution in [0.3, 0.4) is 0 Å². The average Bonchev–Trinajstić information content (AvgIpc) is 2.74. The topological polar surface area (TPSA) is 45.2 Å². The molecule has 1 N–H and O–H groups in total. The number of anilines is 1. The fourth-order valence-electron chi connectivity index (χ4n) is 1.59. The Morgan fingerprint density at radius 2 is 2.20 bits per heavy atom. The summed E-state index contributed by atoms with van der Waals surface area (Å²) in [7, 11) is 0. The lowest BCUT2D eigenvalue weighted by Gasteiger charge is -2.16. The zero-order chi connectivity index (χ0) is 10.7. The molecule has 0 unspecified atom stereocenters. The fraction of sp³-hybridized carbons (Fsp3) is 0.400. The van der Waals surface area contributed by atoms with Gasteiger partial charge in [-0.2, -0.15) is 0 Å². The van der Waals surface area contributed by atoms with E-state index in [0.29, 0.717) is 0 Å². The highest BCUT2D eigenvalue weighted by Crippen LogP contribution is 2.14. The van der Waals surface area contributed by atoms with Gasteiger partial charge in [0.05, 0.1) is 11.9 Å². The number of hydrogen-bond acceptors (Lipinski definition) is 2. The van der Waals surface area contributed by atoms with Crippen LogP contribution < -0.4 is 5.32 Å². The Kier molecular flexibility index (Phi) is 2.80. The van der Waals surface area contributed by atoms with Crippen molar-refractivity contribution in [2.45, 2.75) is 12.8 Å². The Hall–Kier alpha value is -1.65. The number of rotatable bonds is 1. The van der Waals surface area contributed by atoms with Crippen LogP contribution in [0.1, 0.15) is 12.8 Å². The summed E-state index contributed by atoms with van der Waals surface area (Å²) in [4.78, 5) is 16.9. The molecule has 2 rings (SSSR count). The second-order valence-electron chi connectivity index (χ2n) is 3.48. The predicted molar refractivity (Wildman–Crippen MR) is 54.0 cm³/mol. The SMILES string of the molecule is O=C(Nc1ccncc1F)N1CCCC1. The van der Waals surface area contributed by atoms with Gasteiger partial charge in [-0.05, 0) is 18.9 Å². The maximum atomic E-state index is 13.1. The number of nitrogens with zero attached hydrogens (tertiary/aromatic N) is 2. The number of carbonyl (C=O) groups excluding carboxylic acids is 1. The van der Waals surface area contributed by atoms with Gasteiger partial charge in [-0.3, -0.25) is 4.98 Å². The van der Waals surface area contributed by atoms with Crippen molar-refractivity contribution in [2.24, 2.45) is 0 Å². The van der Waals surface area contributed by atoms with E-state index in [9.17, 15) is 9.18 Å². The first-order chi connectivity index (χ1) is 7.27. The molecule has 0 spiro atoms. The molecule has 15 heavy (non-hydrogen) atoms. The molecule has 1 aromatic rings. The van der Waals surface area contributed by atoms with E-state index in [2.05, 4.69) is 10.3 Å². The molecular weight excluding hydrogens is 197 g/mol. The van der Waals surface area contributed by atoms with Crippen molar-refractivity contribution in [1.29, 1.82) is 0 Å².